The Bertz CT molecular complexity index is 1010. The van der Waals surface area contributed by atoms with Gasteiger partial charge in [0.15, 0.2) is 0 Å². The largest absolute Gasteiger partial charge is 0.350 e. The van der Waals surface area contributed by atoms with Crippen LogP contribution in [0.15, 0.2) is 78.9 Å². The molecule has 2 amide bonds. The highest BCUT2D eigenvalue weighted by molar-refractivity contribution is 6.30. The average Bonchev–Trinajstić information content (AvgIpc) is 2.77. The molecule has 0 bridgehead atoms. The smallest absolute Gasteiger partial charge is 0.243 e. The van der Waals surface area contributed by atoms with Crippen LogP contribution < -0.4 is 5.32 Å². The average molecular weight is 455 g/mol. The minimum Gasteiger partial charge on any atom is -0.350 e. The van der Waals surface area contributed by atoms with E-state index in [0.29, 0.717) is 29.6 Å². The van der Waals surface area contributed by atoms with Crippen molar-refractivity contribution in [1.29, 1.82) is 0 Å². The molecule has 0 spiro atoms. The van der Waals surface area contributed by atoms with Crippen LogP contribution in [0.3, 0.4) is 0 Å². The molecule has 1 N–H and O–H groups in total. The quantitative estimate of drug-likeness (QED) is 0.503. The molecule has 0 aliphatic carbocycles. The van der Waals surface area contributed by atoms with Crippen molar-refractivity contribution < 1.29 is 9.59 Å². The zero-order chi connectivity index (χ0) is 22.2. The first-order chi connectivity index (χ1) is 14.9. The Balaban J connectivity index is 1.81. The van der Waals surface area contributed by atoms with Crippen molar-refractivity contribution in [3.05, 3.63) is 106 Å². The molecule has 0 saturated heterocycles. The van der Waals surface area contributed by atoms with E-state index in [1.165, 1.54) is 6.92 Å². The molecule has 160 valence electrons. The summed E-state index contributed by atoms with van der Waals surface area (Å²) in [7, 11) is 0. The van der Waals surface area contributed by atoms with Gasteiger partial charge < -0.3 is 10.2 Å². The molecule has 0 aromatic heterocycles. The maximum absolute atomic E-state index is 13.2. The third-order valence-corrected chi connectivity index (χ3v) is 5.51. The van der Waals surface area contributed by atoms with Crippen LogP contribution in [-0.2, 0) is 29.1 Å². The fraction of sp³-hybridized carbons (Fsp3) is 0.200. The molecule has 0 fully saturated rings. The van der Waals surface area contributed by atoms with E-state index in [9.17, 15) is 9.59 Å². The lowest BCUT2D eigenvalue weighted by Crippen LogP contribution is -2.49. The van der Waals surface area contributed by atoms with E-state index in [1.807, 2.05) is 54.6 Å². The maximum atomic E-state index is 13.2. The van der Waals surface area contributed by atoms with Crippen LogP contribution in [0.2, 0.25) is 10.0 Å². The Morgan fingerprint density at radius 1 is 0.806 bits per heavy atom. The normalized spacial score (nSPS) is 11.6. The Hall–Kier alpha value is -2.82. The van der Waals surface area contributed by atoms with Crippen LogP contribution in [0, 0.1) is 0 Å². The molecule has 0 radical (unpaired) electrons. The van der Waals surface area contributed by atoms with Crippen molar-refractivity contribution in [3.8, 4) is 0 Å². The van der Waals surface area contributed by atoms with Crippen molar-refractivity contribution in [2.75, 3.05) is 0 Å². The lowest BCUT2D eigenvalue weighted by Gasteiger charge is -2.30. The van der Waals surface area contributed by atoms with Crippen LogP contribution in [0.25, 0.3) is 0 Å². The predicted octanol–water partition coefficient (Wildman–Crippen LogP) is 5.27. The van der Waals surface area contributed by atoms with Crippen LogP contribution in [0.5, 0.6) is 0 Å². The van der Waals surface area contributed by atoms with Crippen molar-refractivity contribution in [3.63, 3.8) is 0 Å². The number of carbonyl (C=O) groups excluding carboxylic acids is 2. The zero-order valence-corrected chi connectivity index (χ0v) is 18.7. The molecule has 3 aromatic carbocycles. The molecule has 0 saturated carbocycles. The van der Waals surface area contributed by atoms with Crippen LogP contribution >= 0.6 is 23.2 Å². The van der Waals surface area contributed by atoms with Gasteiger partial charge in [0.2, 0.25) is 11.8 Å². The summed E-state index contributed by atoms with van der Waals surface area (Å²) >= 11 is 11.9. The third kappa shape index (κ3) is 6.84. The van der Waals surface area contributed by atoms with E-state index in [4.69, 9.17) is 23.2 Å². The highest BCUT2D eigenvalue weighted by atomic mass is 35.5. The first-order valence-corrected chi connectivity index (χ1v) is 10.8. The monoisotopic (exact) mass is 454 g/mol. The van der Waals surface area contributed by atoms with Gasteiger partial charge in [-0.3, -0.25) is 9.59 Å². The van der Waals surface area contributed by atoms with Crippen LogP contribution in [-0.4, -0.2) is 22.8 Å². The van der Waals surface area contributed by atoms with Crippen molar-refractivity contribution in [2.45, 2.75) is 32.5 Å². The Kier molecular flexibility index (Phi) is 8.10. The molecule has 0 aliphatic rings. The highest BCUT2D eigenvalue weighted by Crippen LogP contribution is 2.17. The molecule has 31 heavy (non-hydrogen) atoms. The van der Waals surface area contributed by atoms with E-state index < -0.39 is 6.04 Å². The number of hydrogen-bond donors (Lipinski definition) is 1. The van der Waals surface area contributed by atoms with Gasteiger partial charge in [-0.1, -0.05) is 77.8 Å². The third-order valence-electron chi connectivity index (χ3n) is 5.00. The number of hydrogen-bond acceptors (Lipinski definition) is 2. The SMILES string of the molecule is CC(=O)N(Cc1ccc(Cl)cc1)[C@@H](Cc1ccccc1)C(=O)NCc1ccc(Cl)cc1. The lowest BCUT2D eigenvalue weighted by molar-refractivity contribution is -0.139. The number of nitrogens with zero attached hydrogens (tertiary/aromatic N) is 1. The number of halogens is 2. The first-order valence-electron chi connectivity index (χ1n) is 10.00. The summed E-state index contributed by atoms with van der Waals surface area (Å²) in [6, 6.07) is 23.6. The number of rotatable bonds is 8. The first kappa shape index (κ1) is 22.9. The lowest BCUT2D eigenvalue weighted by atomic mass is 10.0. The molecule has 6 heteroatoms. The van der Waals surface area contributed by atoms with E-state index in [1.54, 1.807) is 29.2 Å². The Labute approximate surface area is 192 Å². The molecule has 1 atom stereocenters. The van der Waals surface area contributed by atoms with Crippen LogP contribution in [0.4, 0.5) is 0 Å². The summed E-state index contributed by atoms with van der Waals surface area (Å²) < 4.78 is 0. The Morgan fingerprint density at radius 2 is 1.35 bits per heavy atom. The number of carbonyl (C=O) groups is 2. The zero-order valence-electron chi connectivity index (χ0n) is 17.2. The summed E-state index contributed by atoms with van der Waals surface area (Å²) in [6.45, 7) is 2.16. The van der Waals surface area contributed by atoms with Gasteiger partial charge in [-0.2, -0.15) is 0 Å². The van der Waals surface area contributed by atoms with Gasteiger partial charge in [0, 0.05) is 36.5 Å². The fourth-order valence-electron chi connectivity index (χ4n) is 3.32. The second-order valence-electron chi connectivity index (χ2n) is 7.32. The van der Waals surface area contributed by atoms with Gasteiger partial charge in [-0.15, -0.1) is 0 Å². The van der Waals surface area contributed by atoms with E-state index in [2.05, 4.69) is 5.32 Å². The van der Waals surface area contributed by atoms with Gasteiger partial charge in [-0.05, 0) is 41.0 Å². The standard InChI is InChI=1S/C25H24Cl2N2O2/c1-18(30)29(17-21-9-13-23(27)14-10-21)24(15-19-5-3-2-4-6-19)25(31)28-16-20-7-11-22(26)12-8-20/h2-14,24H,15-17H2,1H3,(H,28,31)/t24-/m0/s1. The number of amides is 2. The highest BCUT2D eigenvalue weighted by Gasteiger charge is 2.28. The van der Waals surface area contributed by atoms with Gasteiger partial charge in [0.05, 0.1) is 0 Å². The van der Waals surface area contributed by atoms with Crippen molar-refractivity contribution in [1.82, 2.24) is 10.2 Å². The number of benzene rings is 3. The molecule has 4 nitrogen and oxygen atoms in total. The second kappa shape index (κ2) is 11.0. The molecule has 0 unspecified atom stereocenters. The molecule has 3 rings (SSSR count). The van der Waals surface area contributed by atoms with Crippen molar-refractivity contribution >= 4 is 35.0 Å². The minimum atomic E-state index is -0.650. The van der Waals surface area contributed by atoms with Gasteiger partial charge >= 0.3 is 0 Å². The molecule has 0 aliphatic heterocycles. The molecule has 0 heterocycles. The fourth-order valence-corrected chi connectivity index (χ4v) is 3.57. The second-order valence-corrected chi connectivity index (χ2v) is 8.20. The summed E-state index contributed by atoms with van der Waals surface area (Å²) in [6.07, 6.45) is 0.417. The molecule has 3 aromatic rings. The summed E-state index contributed by atoms with van der Waals surface area (Å²) in [5.74, 6) is -0.375. The van der Waals surface area contributed by atoms with Gasteiger partial charge in [0.25, 0.3) is 0 Å². The van der Waals surface area contributed by atoms with E-state index >= 15 is 0 Å². The number of nitrogens with one attached hydrogen (secondary N) is 1. The minimum absolute atomic E-state index is 0.169. The maximum Gasteiger partial charge on any atom is 0.243 e. The van der Waals surface area contributed by atoms with Gasteiger partial charge in [-0.25, -0.2) is 0 Å². The van der Waals surface area contributed by atoms with E-state index in [0.717, 1.165) is 16.7 Å². The van der Waals surface area contributed by atoms with Crippen LogP contribution in [0.1, 0.15) is 23.6 Å². The predicted molar refractivity (Wildman–Crippen MR) is 125 cm³/mol. The van der Waals surface area contributed by atoms with E-state index in [-0.39, 0.29) is 11.8 Å². The van der Waals surface area contributed by atoms with Gasteiger partial charge in [0.1, 0.15) is 6.04 Å². The topological polar surface area (TPSA) is 49.4 Å². The summed E-state index contributed by atoms with van der Waals surface area (Å²) in [5.41, 5.74) is 2.82. The molecular formula is C25H24Cl2N2O2. The van der Waals surface area contributed by atoms with Crippen molar-refractivity contribution in [2.24, 2.45) is 0 Å². The summed E-state index contributed by atoms with van der Waals surface area (Å²) in [4.78, 5) is 27.4. The summed E-state index contributed by atoms with van der Waals surface area (Å²) in [5, 5.41) is 4.24. The molecular weight excluding hydrogens is 431 g/mol. The Morgan fingerprint density at radius 3 is 1.90 bits per heavy atom.